The van der Waals surface area contributed by atoms with Gasteiger partial charge in [0.2, 0.25) is 0 Å². The van der Waals surface area contributed by atoms with Gasteiger partial charge >= 0.3 is 11.9 Å². The lowest BCUT2D eigenvalue weighted by atomic mass is 9.44. The summed E-state index contributed by atoms with van der Waals surface area (Å²) in [6.07, 6.45) is 7.23. The van der Waals surface area contributed by atoms with Gasteiger partial charge in [0.25, 0.3) is 0 Å². The molecule has 0 unspecified atom stereocenters. The molecule has 0 saturated heterocycles. The number of carbonyl (C=O) groups is 3. The lowest BCUT2D eigenvalue weighted by Crippen LogP contribution is -2.58. The third kappa shape index (κ3) is 2.83. The Kier molecular flexibility index (Phi) is 4.86. The first-order valence-corrected chi connectivity index (χ1v) is 11.0. The van der Waals surface area contributed by atoms with Crippen molar-refractivity contribution in [2.75, 3.05) is 7.11 Å². The highest BCUT2D eigenvalue weighted by Crippen LogP contribution is 2.66. The predicted octanol–water partition coefficient (Wildman–Crippen LogP) is 3.93. The third-order valence-corrected chi connectivity index (χ3v) is 9.12. The summed E-state index contributed by atoms with van der Waals surface area (Å²) in [4.78, 5) is 37.3. The fourth-order valence-electron chi connectivity index (χ4n) is 7.90. The van der Waals surface area contributed by atoms with E-state index in [9.17, 15) is 14.4 Å². The van der Waals surface area contributed by atoms with Crippen LogP contribution in [0, 0.1) is 40.4 Å². The van der Waals surface area contributed by atoms with E-state index in [1.165, 1.54) is 14.0 Å². The van der Waals surface area contributed by atoms with Gasteiger partial charge in [0, 0.05) is 19.3 Å². The third-order valence-electron chi connectivity index (χ3n) is 9.12. The van der Waals surface area contributed by atoms with Crippen LogP contribution in [0.15, 0.2) is 0 Å². The van der Waals surface area contributed by atoms with Gasteiger partial charge in [-0.05, 0) is 73.5 Å². The molecule has 0 N–H and O–H groups in total. The van der Waals surface area contributed by atoms with E-state index >= 15 is 0 Å². The maximum atomic E-state index is 13.5. The highest BCUT2D eigenvalue weighted by Gasteiger charge is 2.64. The first-order valence-electron chi connectivity index (χ1n) is 11.0. The topological polar surface area (TPSA) is 69.7 Å². The van der Waals surface area contributed by atoms with E-state index < -0.39 is 0 Å². The molecule has 5 heteroatoms. The first kappa shape index (κ1) is 19.9. The Morgan fingerprint density at radius 2 is 1.79 bits per heavy atom. The van der Waals surface area contributed by atoms with Crippen LogP contribution in [0.5, 0.6) is 0 Å². The van der Waals surface area contributed by atoms with E-state index in [2.05, 4.69) is 13.8 Å². The van der Waals surface area contributed by atoms with E-state index in [-0.39, 0.29) is 40.7 Å². The second kappa shape index (κ2) is 6.84. The molecule has 0 amide bonds. The minimum absolute atomic E-state index is 0.00132. The van der Waals surface area contributed by atoms with Crippen molar-refractivity contribution in [1.82, 2.24) is 0 Å². The van der Waals surface area contributed by atoms with Gasteiger partial charge in [-0.2, -0.15) is 0 Å². The van der Waals surface area contributed by atoms with E-state index in [0.29, 0.717) is 30.0 Å². The molecule has 8 atom stereocenters. The molecular weight excluding hydrogens is 356 g/mol. The van der Waals surface area contributed by atoms with Crippen molar-refractivity contribution in [2.45, 2.75) is 78.2 Å². The van der Waals surface area contributed by atoms with Crippen LogP contribution in [0.2, 0.25) is 0 Å². The summed E-state index contributed by atoms with van der Waals surface area (Å²) in [7, 11) is 1.46. The zero-order valence-electron chi connectivity index (χ0n) is 17.7. The predicted molar refractivity (Wildman–Crippen MR) is 103 cm³/mol. The molecule has 156 valence electrons. The number of rotatable bonds is 2. The highest BCUT2D eigenvalue weighted by molar-refractivity contribution is 5.86. The highest BCUT2D eigenvalue weighted by atomic mass is 16.5. The summed E-state index contributed by atoms with van der Waals surface area (Å²) in [6, 6.07) is 0. The van der Waals surface area contributed by atoms with E-state index in [1.807, 2.05) is 0 Å². The number of methoxy groups -OCH3 is 1. The van der Waals surface area contributed by atoms with E-state index in [4.69, 9.17) is 9.47 Å². The molecule has 0 radical (unpaired) electrons. The van der Waals surface area contributed by atoms with Crippen LogP contribution in [0.4, 0.5) is 0 Å². The summed E-state index contributed by atoms with van der Waals surface area (Å²) in [5, 5.41) is 0. The number of carbonyl (C=O) groups excluding carboxylic acids is 3. The summed E-state index contributed by atoms with van der Waals surface area (Å²) in [6.45, 7) is 5.95. The Labute approximate surface area is 167 Å². The van der Waals surface area contributed by atoms with Crippen molar-refractivity contribution in [3.05, 3.63) is 0 Å². The minimum Gasteiger partial charge on any atom is -0.469 e. The number of hydrogen-bond acceptors (Lipinski definition) is 5. The maximum absolute atomic E-state index is 13.5. The van der Waals surface area contributed by atoms with Crippen LogP contribution < -0.4 is 0 Å². The largest absolute Gasteiger partial charge is 0.469 e. The summed E-state index contributed by atoms with van der Waals surface area (Å²) in [5.41, 5.74) is -0.245. The lowest BCUT2D eigenvalue weighted by molar-refractivity contribution is -0.172. The second-order valence-corrected chi connectivity index (χ2v) is 10.3. The molecule has 0 aliphatic heterocycles. The molecule has 4 fully saturated rings. The van der Waals surface area contributed by atoms with Crippen molar-refractivity contribution < 1.29 is 23.9 Å². The van der Waals surface area contributed by atoms with Gasteiger partial charge in [0.15, 0.2) is 0 Å². The zero-order valence-corrected chi connectivity index (χ0v) is 17.7. The molecule has 5 nitrogen and oxygen atoms in total. The zero-order chi connectivity index (χ0) is 20.3. The molecule has 4 aliphatic carbocycles. The Hall–Kier alpha value is -1.39. The number of ether oxygens (including phenoxy) is 2. The standard InChI is InChI=1S/C23H34O5/c1-13(24)28-15-9-10-22(2)14(11-15)5-6-16-17-7-8-18(21(26)27-4)23(17,3)12-19(25)20(16)22/h14-18,20H,5-12H2,1-4H3/t14-,15-,16+,17+,18-,20-,22+,23+/m1/s1. The first-order chi connectivity index (χ1) is 13.2. The van der Waals surface area contributed by atoms with Gasteiger partial charge < -0.3 is 9.47 Å². The van der Waals surface area contributed by atoms with Crippen molar-refractivity contribution >= 4 is 17.7 Å². The smallest absolute Gasteiger partial charge is 0.309 e. The molecule has 4 saturated carbocycles. The van der Waals surface area contributed by atoms with Crippen LogP contribution >= 0.6 is 0 Å². The summed E-state index contributed by atoms with van der Waals surface area (Å²) >= 11 is 0. The SMILES string of the molecule is COC(=O)[C@H]1CC[C@H]2[C@@H]3CC[C@@H]4C[C@H](OC(C)=O)CC[C@]4(C)[C@H]3C(=O)C[C@]12C. The Morgan fingerprint density at radius 1 is 1.04 bits per heavy atom. The molecule has 0 aromatic rings. The average molecular weight is 391 g/mol. The number of Topliss-reactive ketones (excluding diaryl/α,β-unsaturated/α-hetero) is 1. The van der Waals surface area contributed by atoms with E-state index in [1.54, 1.807) is 0 Å². The van der Waals surface area contributed by atoms with E-state index in [0.717, 1.165) is 44.9 Å². The van der Waals surface area contributed by atoms with Crippen LogP contribution in [0.1, 0.15) is 72.1 Å². The molecular formula is C23H34O5. The fraction of sp³-hybridized carbons (Fsp3) is 0.870. The monoisotopic (exact) mass is 390 g/mol. The number of hydrogen-bond donors (Lipinski definition) is 0. The Balaban J connectivity index is 1.59. The Morgan fingerprint density at radius 3 is 2.46 bits per heavy atom. The van der Waals surface area contributed by atoms with Crippen LogP contribution in [0.25, 0.3) is 0 Å². The summed E-state index contributed by atoms with van der Waals surface area (Å²) < 4.78 is 10.6. The minimum atomic E-state index is -0.247. The molecule has 4 rings (SSSR count). The van der Waals surface area contributed by atoms with Crippen molar-refractivity contribution in [1.29, 1.82) is 0 Å². The van der Waals surface area contributed by atoms with Crippen LogP contribution in [-0.4, -0.2) is 30.9 Å². The maximum Gasteiger partial charge on any atom is 0.309 e. The molecule has 0 spiro atoms. The van der Waals surface area contributed by atoms with Gasteiger partial charge in [-0.15, -0.1) is 0 Å². The summed E-state index contributed by atoms with van der Waals surface area (Å²) in [5.74, 6) is 1.23. The molecule has 0 heterocycles. The van der Waals surface area contributed by atoms with Crippen LogP contribution in [0.3, 0.4) is 0 Å². The number of ketones is 1. The van der Waals surface area contributed by atoms with Gasteiger partial charge in [-0.1, -0.05) is 13.8 Å². The van der Waals surface area contributed by atoms with Gasteiger partial charge in [0.1, 0.15) is 11.9 Å². The van der Waals surface area contributed by atoms with Crippen molar-refractivity contribution in [3.8, 4) is 0 Å². The molecule has 28 heavy (non-hydrogen) atoms. The number of esters is 2. The second-order valence-electron chi connectivity index (χ2n) is 10.3. The molecule has 0 aromatic carbocycles. The quantitative estimate of drug-likeness (QED) is 0.668. The molecule has 0 bridgehead atoms. The normalized spacial score (nSPS) is 47.5. The fourth-order valence-corrected chi connectivity index (χ4v) is 7.90. The number of fused-ring (bicyclic) bond motifs is 5. The average Bonchev–Trinajstić information content (AvgIpc) is 2.97. The molecule has 4 aliphatic rings. The van der Waals surface area contributed by atoms with Crippen molar-refractivity contribution in [2.24, 2.45) is 40.4 Å². The van der Waals surface area contributed by atoms with Gasteiger partial charge in [-0.3, -0.25) is 14.4 Å². The molecule has 0 aromatic heterocycles. The Bertz CT molecular complexity index is 686. The van der Waals surface area contributed by atoms with Crippen LogP contribution in [-0.2, 0) is 23.9 Å². The lowest BCUT2D eigenvalue weighted by Gasteiger charge is -2.59. The van der Waals surface area contributed by atoms with Gasteiger partial charge in [0.05, 0.1) is 13.0 Å². The van der Waals surface area contributed by atoms with Gasteiger partial charge in [-0.25, -0.2) is 0 Å². The van der Waals surface area contributed by atoms with Crippen molar-refractivity contribution in [3.63, 3.8) is 0 Å².